The molecule has 1 aliphatic rings. The van der Waals surface area contributed by atoms with Crippen molar-refractivity contribution in [1.82, 2.24) is 5.32 Å². The van der Waals surface area contributed by atoms with Crippen molar-refractivity contribution in [3.63, 3.8) is 0 Å². The van der Waals surface area contributed by atoms with E-state index in [0.717, 1.165) is 12.1 Å². The molecule has 0 fully saturated rings. The van der Waals surface area contributed by atoms with E-state index in [1.165, 1.54) is 36.2 Å². The maximum Gasteiger partial charge on any atom is 0.416 e. The van der Waals surface area contributed by atoms with E-state index in [4.69, 9.17) is 9.15 Å². The number of furan rings is 1. The number of rotatable bonds is 3. The molecule has 4 rings (SSSR count). The van der Waals surface area contributed by atoms with Gasteiger partial charge in [0, 0.05) is 12.6 Å². The molecule has 6 nitrogen and oxygen atoms in total. The van der Waals surface area contributed by atoms with Crippen LogP contribution < -0.4 is 15.0 Å². The first-order chi connectivity index (χ1) is 14.8. The first-order valence-electron chi connectivity index (χ1n) is 9.34. The maximum atomic E-state index is 13.2. The summed E-state index contributed by atoms with van der Waals surface area (Å²) in [6.45, 7) is -0.0465. The molecule has 1 aromatic heterocycles. The van der Waals surface area contributed by atoms with Gasteiger partial charge in [-0.05, 0) is 36.4 Å². The van der Waals surface area contributed by atoms with Crippen molar-refractivity contribution < 1.29 is 31.9 Å². The second-order valence-corrected chi connectivity index (χ2v) is 6.85. The van der Waals surface area contributed by atoms with Gasteiger partial charge < -0.3 is 14.5 Å². The smallest absolute Gasteiger partial charge is 0.416 e. The molecule has 0 aliphatic carbocycles. The van der Waals surface area contributed by atoms with E-state index in [-0.39, 0.29) is 23.6 Å². The molecule has 9 heteroatoms. The molecule has 2 aromatic carbocycles. The normalized spacial score (nSPS) is 15.7. The summed E-state index contributed by atoms with van der Waals surface area (Å²) in [6, 6.07) is 14.2. The van der Waals surface area contributed by atoms with Gasteiger partial charge in [0.1, 0.15) is 11.5 Å². The van der Waals surface area contributed by atoms with Gasteiger partial charge in [0.15, 0.2) is 11.9 Å². The van der Waals surface area contributed by atoms with Gasteiger partial charge in [-0.3, -0.25) is 14.5 Å². The lowest BCUT2D eigenvalue weighted by atomic mass is 10.1. The van der Waals surface area contributed by atoms with Crippen LogP contribution in [0.2, 0.25) is 0 Å². The fraction of sp³-hybridized carbons (Fsp3) is 0.182. The Morgan fingerprint density at radius 1 is 1.06 bits per heavy atom. The fourth-order valence-electron chi connectivity index (χ4n) is 3.31. The van der Waals surface area contributed by atoms with Crippen LogP contribution in [0.1, 0.15) is 16.1 Å². The van der Waals surface area contributed by atoms with Gasteiger partial charge in [-0.25, -0.2) is 0 Å². The third-order valence-electron chi connectivity index (χ3n) is 4.85. The summed E-state index contributed by atoms with van der Waals surface area (Å²) < 4.78 is 50.3. The minimum absolute atomic E-state index is 0.0465. The molecular formula is C22H17F3N2O4. The van der Waals surface area contributed by atoms with E-state index < -0.39 is 29.7 Å². The Bertz CT molecular complexity index is 1140. The number of hydrogen-bond acceptors (Lipinski definition) is 4. The first kappa shape index (κ1) is 20.5. The predicted molar refractivity (Wildman–Crippen MR) is 106 cm³/mol. The minimum Gasteiger partial charge on any atom is -0.477 e. The van der Waals surface area contributed by atoms with E-state index in [1.54, 1.807) is 24.3 Å². The Balaban J connectivity index is 1.65. The van der Waals surface area contributed by atoms with Crippen LogP contribution in [0.4, 0.5) is 18.9 Å². The number of para-hydroxylation sites is 2. The van der Waals surface area contributed by atoms with Crippen molar-refractivity contribution in [2.45, 2.75) is 12.3 Å². The molecule has 3 aromatic rings. The van der Waals surface area contributed by atoms with Crippen molar-refractivity contribution in [2.24, 2.45) is 0 Å². The molecule has 0 saturated heterocycles. The van der Waals surface area contributed by atoms with E-state index in [1.807, 2.05) is 0 Å². The molecule has 31 heavy (non-hydrogen) atoms. The fourth-order valence-corrected chi connectivity index (χ4v) is 3.31. The number of ether oxygens (including phenoxy) is 1. The molecular weight excluding hydrogens is 413 g/mol. The Labute approximate surface area is 175 Å². The first-order valence-corrected chi connectivity index (χ1v) is 9.34. The van der Waals surface area contributed by atoms with Crippen LogP contribution in [0.25, 0.3) is 11.3 Å². The maximum absolute atomic E-state index is 13.2. The number of alkyl halides is 3. The molecule has 0 spiro atoms. The molecule has 0 bridgehead atoms. The zero-order chi connectivity index (χ0) is 22.2. The van der Waals surface area contributed by atoms with Crippen LogP contribution in [-0.2, 0) is 11.0 Å². The van der Waals surface area contributed by atoms with Gasteiger partial charge in [0.2, 0.25) is 0 Å². The van der Waals surface area contributed by atoms with Crippen LogP contribution >= 0.6 is 0 Å². The van der Waals surface area contributed by atoms with Gasteiger partial charge >= 0.3 is 6.18 Å². The van der Waals surface area contributed by atoms with Crippen LogP contribution in [-0.4, -0.2) is 31.5 Å². The highest BCUT2D eigenvalue weighted by atomic mass is 19.4. The van der Waals surface area contributed by atoms with Crippen LogP contribution in [0.5, 0.6) is 5.75 Å². The van der Waals surface area contributed by atoms with Crippen LogP contribution in [0.15, 0.2) is 65.1 Å². The zero-order valence-electron chi connectivity index (χ0n) is 16.3. The lowest BCUT2D eigenvalue weighted by Gasteiger charge is -2.33. The third-order valence-corrected chi connectivity index (χ3v) is 4.85. The molecule has 2 heterocycles. The highest BCUT2D eigenvalue weighted by Gasteiger charge is 2.35. The number of halogens is 3. The number of carbonyl (C=O) groups excluding carboxylic acids is 2. The second-order valence-electron chi connectivity index (χ2n) is 6.85. The molecule has 1 aliphatic heterocycles. The largest absolute Gasteiger partial charge is 0.477 e. The van der Waals surface area contributed by atoms with Crippen LogP contribution in [0, 0.1) is 0 Å². The average Bonchev–Trinajstić information content (AvgIpc) is 3.27. The molecule has 1 atom stereocenters. The van der Waals surface area contributed by atoms with E-state index >= 15 is 0 Å². The number of hydrogen-bond donors (Lipinski definition) is 1. The van der Waals surface area contributed by atoms with E-state index in [9.17, 15) is 22.8 Å². The Kier molecular flexibility index (Phi) is 5.18. The van der Waals surface area contributed by atoms with Gasteiger partial charge in [-0.15, -0.1) is 0 Å². The summed E-state index contributed by atoms with van der Waals surface area (Å²) >= 11 is 0. The SMILES string of the molecule is CNC(=O)C1CN(C(=O)c2ccc(-c3cccc(C(F)(F)F)c3)o2)c2ccccc2O1. The third kappa shape index (κ3) is 3.98. The second kappa shape index (κ2) is 7.82. The van der Waals surface area contributed by atoms with Crippen molar-refractivity contribution >= 4 is 17.5 Å². The highest BCUT2D eigenvalue weighted by Crippen LogP contribution is 2.36. The molecule has 1 unspecified atom stereocenters. The Morgan fingerprint density at radius 3 is 2.58 bits per heavy atom. The summed E-state index contributed by atoms with van der Waals surface area (Å²) in [6.07, 6.45) is -5.41. The van der Waals surface area contributed by atoms with Crippen molar-refractivity contribution in [2.75, 3.05) is 18.5 Å². The van der Waals surface area contributed by atoms with Crippen molar-refractivity contribution in [3.05, 3.63) is 72.0 Å². The highest BCUT2D eigenvalue weighted by molar-refractivity contribution is 6.06. The lowest BCUT2D eigenvalue weighted by Crippen LogP contribution is -2.50. The summed E-state index contributed by atoms with van der Waals surface area (Å²) in [7, 11) is 1.46. The van der Waals surface area contributed by atoms with Gasteiger partial charge in [-0.1, -0.05) is 24.3 Å². The number of anilines is 1. The number of benzene rings is 2. The summed E-state index contributed by atoms with van der Waals surface area (Å²) in [5.74, 6) is -0.516. The number of nitrogens with zero attached hydrogens (tertiary/aromatic N) is 1. The quantitative estimate of drug-likeness (QED) is 0.679. The summed E-state index contributed by atoms with van der Waals surface area (Å²) in [5, 5.41) is 2.49. The molecule has 1 N–H and O–H groups in total. The Morgan fingerprint density at radius 2 is 1.84 bits per heavy atom. The predicted octanol–water partition coefficient (Wildman–Crippen LogP) is 4.12. The van der Waals surface area contributed by atoms with E-state index in [2.05, 4.69) is 5.32 Å². The number of fused-ring (bicyclic) bond motifs is 1. The monoisotopic (exact) mass is 430 g/mol. The molecule has 2 amide bonds. The van der Waals surface area contributed by atoms with Crippen molar-refractivity contribution in [1.29, 1.82) is 0 Å². The zero-order valence-corrected chi connectivity index (χ0v) is 16.3. The average molecular weight is 430 g/mol. The summed E-state index contributed by atoms with van der Waals surface area (Å²) in [5.41, 5.74) is -0.158. The Hall–Kier alpha value is -3.75. The molecule has 160 valence electrons. The number of carbonyl (C=O) groups is 2. The minimum atomic E-state index is -4.49. The van der Waals surface area contributed by atoms with Crippen molar-refractivity contribution in [3.8, 4) is 17.1 Å². The number of likely N-dealkylation sites (N-methyl/N-ethyl adjacent to an activating group) is 1. The van der Waals surface area contributed by atoms with E-state index in [0.29, 0.717) is 11.4 Å². The van der Waals surface area contributed by atoms with Gasteiger partial charge in [0.05, 0.1) is 17.8 Å². The lowest BCUT2D eigenvalue weighted by molar-refractivity contribution is -0.137. The summed E-state index contributed by atoms with van der Waals surface area (Å²) in [4.78, 5) is 26.6. The standard InChI is InChI=1S/C22H17F3N2O4/c1-26-20(28)19-12-27(15-7-2-3-8-17(15)31-19)21(29)18-10-9-16(30-18)13-5-4-6-14(11-13)22(23,24)25/h2-11,19H,12H2,1H3,(H,26,28). The van der Waals surface area contributed by atoms with Gasteiger partial charge in [0.25, 0.3) is 11.8 Å². The van der Waals surface area contributed by atoms with Gasteiger partial charge in [-0.2, -0.15) is 13.2 Å². The number of nitrogens with one attached hydrogen (secondary N) is 1. The number of amides is 2. The molecule has 0 radical (unpaired) electrons. The molecule has 0 saturated carbocycles. The topological polar surface area (TPSA) is 71.8 Å². The van der Waals surface area contributed by atoms with Crippen LogP contribution in [0.3, 0.4) is 0 Å².